The van der Waals surface area contributed by atoms with Crippen LogP contribution in [0.5, 0.6) is 0 Å². The number of nitrogens with two attached hydrogens (primary N) is 1. The molecule has 0 bridgehead atoms. The lowest BCUT2D eigenvalue weighted by atomic mass is 10.1. The second kappa shape index (κ2) is 5.80. The van der Waals surface area contributed by atoms with Gasteiger partial charge in [-0.15, -0.1) is 0 Å². The topological polar surface area (TPSA) is 127 Å². The molecule has 0 aromatic heterocycles. The van der Waals surface area contributed by atoms with Crippen molar-refractivity contribution >= 4 is 23.3 Å². The van der Waals surface area contributed by atoms with Crippen LogP contribution in [-0.4, -0.2) is 40.4 Å². The number of carbonyl (C=O) groups is 2. The van der Waals surface area contributed by atoms with Gasteiger partial charge in [0.25, 0.3) is 11.6 Å². The first-order chi connectivity index (χ1) is 8.82. The smallest absolute Gasteiger partial charge is 0.305 e. The lowest BCUT2D eigenvalue weighted by Crippen LogP contribution is -2.29. The molecule has 0 atom stereocenters. The van der Waals surface area contributed by atoms with Crippen molar-refractivity contribution in [2.75, 3.05) is 19.3 Å². The Hall–Kier alpha value is -2.64. The maximum Gasteiger partial charge on any atom is 0.305 e. The Morgan fingerprint density at radius 1 is 1.47 bits per heavy atom. The van der Waals surface area contributed by atoms with E-state index in [2.05, 4.69) is 0 Å². The Morgan fingerprint density at radius 2 is 2.11 bits per heavy atom. The van der Waals surface area contributed by atoms with Gasteiger partial charge in [-0.05, 0) is 12.1 Å². The molecule has 0 saturated carbocycles. The van der Waals surface area contributed by atoms with Crippen LogP contribution in [0.3, 0.4) is 0 Å². The van der Waals surface area contributed by atoms with Gasteiger partial charge in [0, 0.05) is 25.2 Å². The second-order valence-electron chi connectivity index (χ2n) is 3.90. The Balaban J connectivity index is 2.91. The van der Waals surface area contributed by atoms with Crippen molar-refractivity contribution in [3.8, 4) is 0 Å². The predicted octanol–water partition coefficient (Wildman–Crippen LogP) is 0.724. The minimum atomic E-state index is -1.03. The molecule has 3 N–H and O–H groups in total. The van der Waals surface area contributed by atoms with Crippen LogP contribution >= 0.6 is 0 Å². The van der Waals surface area contributed by atoms with Crippen molar-refractivity contribution in [2.24, 2.45) is 0 Å². The van der Waals surface area contributed by atoms with Gasteiger partial charge >= 0.3 is 5.97 Å². The molecule has 8 heteroatoms. The van der Waals surface area contributed by atoms with Crippen LogP contribution in [0.25, 0.3) is 0 Å². The number of nitrogens with zero attached hydrogens (tertiary/aromatic N) is 2. The fourth-order valence-electron chi connectivity index (χ4n) is 1.42. The van der Waals surface area contributed by atoms with Gasteiger partial charge in [-0.2, -0.15) is 0 Å². The SMILES string of the molecule is CN(CCC(=O)O)C(=O)c1ccc(N)c([N+](=O)[O-])c1. The summed E-state index contributed by atoms with van der Waals surface area (Å²) in [5.41, 5.74) is 5.13. The summed E-state index contributed by atoms with van der Waals surface area (Å²) in [7, 11) is 1.42. The van der Waals surface area contributed by atoms with Crippen LogP contribution in [0.1, 0.15) is 16.8 Å². The molecule has 0 spiro atoms. The van der Waals surface area contributed by atoms with E-state index in [1.807, 2.05) is 0 Å². The fraction of sp³-hybridized carbons (Fsp3) is 0.273. The lowest BCUT2D eigenvalue weighted by molar-refractivity contribution is -0.383. The molecule has 0 radical (unpaired) electrons. The minimum absolute atomic E-state index is 0.0202. The van der Waals surface area contributed by atoms with Crippen LogP contribution in [0.15, 0.2) is 18.2 Å². The van der Waals surface area contributed by atoms with Gasteiger partial charge in [-0.3, -0.25) is 19.7 Å². The van der Waals surface area contributed by atoms with Gasteiger partial charge in [0.15, 0.2) is 0 Å². The van der Waals surface area contributed by atoms with Crippen molar-refractivity contribution in [2.45, 2.75) is 6.42 Å². The first kappa shape index (κ1) is 14.4. The zero-order valence-corrected chi connectivity index (χ0v) is 10.2. The molecule has 0 unspecified atom stereocenters. The van der Waals surface area contributed by atoms with Crippen LogP contribution in [0, 0.1) is 10.1 Å². The molecule has 0 aliphatic heterocycles. The number of nitro groups is 1. The molecule has 1 rings (SSSR count). The van der Waals surface area contributed by atoms with E-state index >= 15 is 0 Å². The maximum atomic E-state index is 11.9. The number of benzene rings is 1. The van der Waals surface area contributed by atoms with Crippen molar-refractivity contribution < 1.29 is 19.6 Å². The molecule has 0 fully saturated rings. The average molecular weight is 267 g/mol. The predicted molar refractivity (Wildman–Crippen MR) is 66.7 cm³/mol. The van der Waals surface area contributed by atoms with Crippen LogP contribution in [-0.2, 0) is 4.79 Å². The largest absolute Gasteiger partial charge is 0.481 e. The highest BCUT2D eigenvalue weighted by molar-refractivity contribution is 5.95. The molecule has 1 aromatic rings. The van der Waals surface area contributed by atoms with Gasteiger partial charge in [0.2, 0.25) is 0 Å². The summed E-state index contributed by atoms with van der Waals surface area (Å²) < 4.78 is 0. The highest BCUT2D eigenvalue weighted by Crippen LogP contribution is 2.22. The van der Waals surface area contributed by atoms with Gasteiger partial charge in [0.05, 0.1) is 11.3 Å². The van der Waals surface area contributed by atoms with Crippen molar-refractivity contribution in [3.63, 3.8) is 0 Å². The Kier molecular flexibility index (Phi) is 4.41. The quantitative estimate of drug-likeness (QED) is 0.459. The number of aliphatic carboxylic acids is 1. The summed E-state index contributed by atoms with van der Waals surface area (Å²) in [6.45, 7) is 0.0202. The molecule has 8 nitrogen and oxygen atoms in total. The van der Waals surface area contributed by atoms with Gasteiger partial charge in [-0.25, -0.2) is 0 Å². The highest BCUT2D eigenvalue weighted by Gasteiger charge is 2.18. The fourth-order valence-corrected chi connectivity index (χ4v) is 1.42. The standard InChI is InChI=1S/C11H13N3O5/c1-13(5-4-10(15)16)11(17)7-2-3-8(12)9(6-7)14(18)19/h2-3,6H,4-5,12H2,1H3,(H,15,16). The Bertz CT molecular complexity index is 529. The zero-order valence-electron chi connectivity index (χ0n) is 10.2. The van der Waals surface area contributed by atoms with Crippen molar-refractivity contribution in [3.05, 3.63) is 33.9 Å². The molecule has 0 heterocycles. The van der Waals surface area contributed by atoms with Gasteiger partial charge in [-0.1, -0.05) is 0 Å². The van der Waals surface area contributed by atoms with E-state index in [1.165, 1.54) is 24.1 Å². The number of carboxylic acid groups (broad SMARTS) is 1. The number of rotatable bonds is 5. The summed E-state index contributed by atoms with van der Waals surface area (Å²) in [5, 5.41) is 19.2. The van der Waals surface area contributed by atoms with E-state index in [0.29, 0.717) is 0 Å². The summed E-state index contributed by atoms with van der Waals surface area (Å²) in [4.78, 5) is 33.5. The number of hydrogen-bond acceptors (Lipinski definition) is 5. The third-order valence-corrected chi connectivity index (χ3v) is 2.48. The molecule has 0 aliphatic rings. The molecule has 19 heavy (non-hydrogen) atoms. The van der Waals surface area contributed by atoms with Gasteiger partial charge in [0.1, 0.15) is 5.69 Å². The van der Waals surface area contributed by atoms with E-state index in [-0.39, 0.29) is 29.9 Å². The number of carboxylic acids is 1. The molecule has 1 aromatic carbocycles. The van der Waals surface area contributed by atoms with Crippen molar-refractivity contribution in [1.29, 1.82) is 0 Å². The second-order valence-corrected chi connectivity index (χ2v) is 3.90. The highest BCUT2D eigenvalue weighted by atomic mass is 16.6. The lowest BCUT2D eigenvalue weighted by Gasteiger charge is -2.16. The third kappa shape index (κ3) is 3.66. The first-order valence-corrected chi connectivity index (χ1v) is 5.34. The monoisotopic (exact) mass is 267 g/mol. The van der Waals surface area contributed by atoms with Crippen LogP contribution < -0.4 is 5.73 Å². The normalized spacial score (nSPS) is 9.95. The number of amides is 1. The Labute approximate surface area is 108 Å². The summed E-state index contributed by atoms with van der Waals surface area (Å²) in [6, 6.07) is 3.72. The van der Waals surface area contributed by atoms with E-state index in [0.717, 1.165) is 6.07 Å². The van der Waals surface area contributed by atoms with E-state index in [4.69, 9.17) is 10.8 Å². The summed E-state index contributed by atoms with van der Waals surface area (Å²) >= 11 is 0. The zero-order chi connectivity index (χ0) is 14.6. The Morgan fingerprint density at radius 3 is 2.63 bits per heavy atom. The van der Waals surface area contributed by atoms with E-state index < -0.39 is 16.8 Å². The molecular formula is C11H13N3O5. The van der Waals surface area contributed by atoms with Gasteiger partial charge < -0.3 is 15.7 Å². The summed E-state index contributed by atoms with van der Waals surface area (Å²) in [6.07, 6.45) is -0.195. The molecule has 0 aliphatic carbocycles. The molecule has 102 valence electrons. The van der Waals surface area contributed by atoms with E-state index in [1.54, 1.807) is 0 Å². The number of hydrogen-bond donors (Lipinski definition) is 2. The van der Waals surface area contributed by atoms with E-state index in [9.17, 15) is 19.7 Å². The number of anilines is 1. The van der Waals surface area contributed by atoms with Crippen molar-refractivity contribution in [1.82, 2.24) is 4.90 Å². The van der Waals surface area contributed by atoms with Crippen LogP contribution in [0.4, 0.5) is 11.4 Å². The number of nitro benzene ring substituents is 1. The minimum Gasteiger partial charge on any atom is -0.481 e. The first-order valence-electron chi connectivity index (χ1n) is 5.34. The molecule has 0 saturated heterocycles. The number of nitrogen functional groups attached to an aromatic ring is 1. The summed E-state index contributed by atoms with van der Waals surface area (Å²) in [5.74, 6) is -1.52. The number of carbonyl (C=O) groups excluding carboxylic acids is 1. The molecular weight excluding hydrogens is 254 g/mol. The maximum absolute atomic E-state index is 11.9. The van der Waals surface area contributed by atoms with Crippen LogP contribution in [0.2, 0.25) is 0 Å². The molecule has 1 amide bonds. The third-order valence-electron chi connectivity index (χ3n) is 2.48. The average Bonchev–Trinajstić information content (AvgIpc) is 2.35.